The fourth-order valence-corrected chi connectivity index (χ4v) is 5.05. The van der Waals surface area contributed by atoms with Gasteiger partial charge in [-0.2, -0.15) is 0 Å². The van der Waals surface area contributed by atoms with Gasteiger partial charge < -0.3 is 20.9 Å². The lowest BCUT2D eigenvalue weighted by Gasteiger charge is -2.37. The number of carbonyl (C=O) groups excluding carboxylic acids is 5. The molecule has 4 rings (SSSR count). The second-order valence-corrected chi connectivity index (χ2v) is 10.1. The predicted octanol–water partition coefficient (Wildman–Crippen LogP) is 1.16. The molecule has 1 atom stereocenters. The maximum absolute atomic E-state index is 12.6. The van der Waals surface area contributed by atoms with Crippen LogP contribution in [-0.4, -0.2) is 86.7 Å². The number of hydrogen-bond acceptors (Lipinski definition) is 8. The average Bonchev–Trinajstić information content (AvgIpc) is 2.97. The fraction of sp³-hybridized carbons (Fsp3) is 0.414. The van der Waals surface area contributed by atoms with Gasteiger partial charge in [-0.05, 0) is 49.6 Å². The Balaban J connectivity index is 1.16. The summed E-state index contributed by atoms with van der Waals surface area (Å²) in [5.74, 6) is -1.53. The molecule has 0 bridgehead atoms. The van der Waals surface area contributed by atoms with Crippen LogP contribution < -0.4 is 26.2 Å². The largest absolute Gasteiger partial charge is 0.383 e. The topological polar surface area (TPSA) is 140 Å². The van der Waals surface area contributed by atoms with Gasteiger partial charge in [0.15, 0.2) is 6.29 Å². The van der Waals surface area contributed by atoms with Crippen LogP contribution in [0.5, 0.6) is 0 Å². The van der Waals surface area contributed by atoms with Crippen LogP contribution in [0.3, 0.4) is 0 Å². The van der Waals surface area contributed by atoms with Crippen molar-refractivity contribution in [3.63, 3.8) is 0 Å². The van der Waals surface area contributed by atoms with Gasteiger partial charge in [0.2, 0.25) is 17.7 Å². The molecule has 11 heteroatoms. The third-order valence-corrected chi connectivity index (χ3v) is 7.38. The SMILES string of the molecule is CN(c1ccccc1)C1CCN(CC(=O)NCCNc2ccc(C(=O)NC3CCC(=O)NC3=O)c(C=O)c2)CC1. The molecule has 0 saturated carbocycles. The van der Waals surface area contributed by atoms with E-state index >= 15 is 0 Å². The number of piperidine rings is 2. The smallest absolute Gasteiger partial charge is 0.252 e. The van der Waals surface area contributed by atoms with E-state index in [-0.39, 0.29) is 35.8 Å². The summed E-state index contributed by atoms with van der Waals surface area (Å²) < 4.78 is 0. The van der Waals surface area contributed by atoms with E-state index in [1.807, 2.05) is 18.2 Å². The highest BCUT2D eigenvalue weighted by Crippen LogP contribution is 2.21. The highest BCUT2D eigenvalue weighted by molar-refractivity contribution is 6.06. The maximum Gasteiger partial charge on any atom is 0.252 e. The summed E-state index contributed by atoms with van der Waals surface area (Å²) in [6.45, 7) is 2.93. The van der Waals surface area contributed by atoms with Crippen molar-refractivity contribution >= 4 is 41.3 Å². The van der Waals surface area contributed by atoms with Crippen LogP contribution in [0.15, 0.2) is 48.5 Å². The lowest BCUT2D eigenvalue weighted by molar-refractivity contribution is -0.134. The van der Waals surface area contributed by atoms with E-state index in [0.29, 0.717) is 37.6 Å². The van der Waals surface area contributed by atoms with E-state index in [1.54, 1.807) is 12.1 Å². The summed E-state index contributed by atoms with van der Waals surface area (Å²) in [6, 6.07) is 14.7. The van der Waals surface area contributed by atoms with Crippen LogP contribution in [0.25, 0.3) is 0 Å². The zero-order valence-corrected chi connectivity index (χ0v) is 22.7. The van der Waals surface area contributed by atoms with Gasteiger partial charge in [0, 0.05) is 68.2 Å². The van der Waals surface area contributed by atoms with E-state index in [2.05, 4.69) is 50.2 Å². The molecule has 1 unspecified atom stereocenters. The molecule has 0 radical (unpaired) electrons. The van der Waals surface area contributed by atoms with Crippen LogP contribution >= 0.6 is 0 Å². The first kappa shape index (κ1) is 28.8. The zero-order chi connectivity index (χ0) is 28.5. The van der Waals surface area contributed by atoms with Gasteiger partial charge in [0.25, 0.3) is 5.91 Å². The van der Waals surface area contributed by atoms with Crippen molar-refractivity contribution in [1.82, 2.24) is 20.9 Å². The molecule has 0 spiro atoms. The normalized spacial score (nSPS) is 18.0. The number of imide groups is 1. The monoisotopic (exact) mass is 548 g/mol. The Bertz CT molecular complexity index is 1230. The molecule has 4 amide bonds. The predicted molar refractivity (Wildman–Crippen MR) is 151 cm³/mol. The summed E-state index contributed by atoms with van der Waals surface area (Å²) in [5, 5.41) is 10.8. The Labute approximate surface area is 233 Å². The van der Waals surface area contributed by atoms with Crippen molar-refractivity contribution in [3.8, 4) is 0 Å². The Hall–Kier alpha value is -4.25. The van der Waals surface area contributed by atoms with Crippen LogP contribution in [0.2, 0.25) is 0 Å². The number of para-hydroxylation sites is 1. The second kappa shape index (κ2) is 13.7. The van der Waals surface area contributed by atoms with Crippen LogP contribution in [0.4, 0.5) is 11.4 Å². The van der Waals surface area contributed by atoms with Gasteiger partial charge in [-0.1, -0.05) is 18.2 Å². The summed E-state index contributed by atoms with van der Waals surface area (Å²) in [5.41, 5.74) is 2.13. The number of aldehydes is 1. The van der Waals surface area contributed by atoms with E-state index in [1.165, 1.54) is 11.8 Å². The minimum absolute atomic E-state index is 0.0364. The molecule has 212 valence electrons. The molecule has 4 N–H and O–H groups in total. The Morgan fingerprint density at radius 3 is 2.50 bits per heavy atom. The molecule has 2 aliphatic heterocycles. The number of nitrogens with zero attached hydrogens (tertiary/aromatic N) is 2. The molecule has 2 saturated heterocycles. The molecule has 40 heavy (non-hydrogen) atoms. The lowest BCUT2D eigenvalue weighted by Crippen LogP contribution is -2.52. The Kier molecular flexibility index (Phi) is 9.85. The third-order valence-electron chi connectivity index (χ3n) is 7.38. The van der Waals surface area contributed by atoms with Gasteiger partial charge >= 0.3 is 0 Å². The second-order valence-electron chi connectivity index (χ2n) is 10.1. The van der Waals surface area contributed by atoms with Gasteiger partial charge in [-0.25, -0.2) is 0 Å². The van der Waals surface area contributed by atoms with Crippen molar-refractivity contribution in [1.29, 1.82) is 0 Å². The molecule has 2 aromatic rings. The molecule has 2 heterocycles. The molecular formula is C29H36N6O5. The van der Waals surface area contributed by atoms with Crippen molar-refractivity contribution in [2.45, 2.75) is 37.8 Å². The van der Waals surface area contributed by atoms with Crippen molar-refractivity contribution in [2.24, 2.45) is 0 Å². The highest BCUT2D eigenvalue weighted by Gasteiger charge is 2.29. The first-order valence-corrected chi connectivity index (χ1v) is 13.6. The van der Waals surface area contributed by atoms with Crippen molar-refractivity contribution < 1.29 is 24.0 Å². The van der Waals surface area contributed by atoms with Gasteiger partial charge in [0.1, 0.15) is 6.04 Å². The van der Waals surface area contributed by atoms with Gasteiger partial charge in [-0.15, -0.1) is 0 Å². The number of benzene rings is 2. The summed E-state index contributed by atoms with van der Waals surface area (Å²) in [7, 11) is 2.12. The van der Waals surface area contributed by atoms with Crippen molar-refractivity contribution in [2.75, 3.05) is 50.0 Å². The number of nitrogens with one attached hydrogen (secondary N) is 4. The molecule has 2 fully saturated rings. The molecule has 2 aromatic carbocycles. The minimum atomic E-state index is -0.826. The number of likely N-dealkylation sites (tertiary alicyclic amines) is 1. The first-order chi connectivity index (χ1) is 19.3. The van der Waals surface area contributed by atoms with E-state index in [4.69, 9.17) is 0 Å². The van der Waals surface area contributed by atoms with Crippen LogP contribution in [0, 0.1) is 0 Å². The number of rotatable bonds is 11. The standard InChI is InChI=1S/C29H36N6O5/c1-34(22-5-3-2-4-6-22)23-11-15-35(16-12-23)18-27(38)31-14-13-30-21-7-8-24(20(17-21)19-36)28(39)32-25-9-10-26(37)33-29(25)40/h2-8,17,19,23,25,30H,9-16,18H2,1H3,(H,31,38)(H,32,39)(H,33,37,40). The Morgan fingerprint density at radius 1 is 1.05 bits per heavy atom. The average molecular weight is 549 g/mol. The van der Waals surface area contributed by atoms with E-state index < -0.39 is 17.9 Å². The third kappa shape index (κ3) is 7.66. The summed E-state index contributed by atoms with van der Waals surface area (Å²) in [6.07, 6.45) is 2.93. The maximum atomic E-state index is 12.6. The van der Waals surface area contributed by atoms with Crippen molar-refractivity contribution in [3.05, 3.63) is 59.7 Å². The first-order valence-electron chi connectivity index (χ1n) is 13.6. The van der Waals surface area contributed by atoms with E-state index in [0.717, 1.165) is 25.9 Å². The molecule has 0 aromatic heterocycles. The van der Waals surface area contributed by atoms with E-state index in [9.17, 15) is 24.0 Å². The van der Waals surface area contributed by atoms with Crippen LogP contribution in [-0.2, 0) is 14.4 Å². The zero-order valence-electron chi connectivity index (χ0n) is 22.7. The molecule has 0 aliphatic carbocycles. The van der Waals surface area contributed by atoms with Crippen LogP contribution in [0.1, 0.15) is 46.4 Å². The molecule has 2 aliphatic rings. The Morgan fingerprint density at radius 2 is 1.80 bits per heavy atom. The quantitative estimate of drug-likeness (QED) is 0.186. The fourth-order valence-electron chi connectivity index (χ4n) is 5.05. The number of carbonyl (C=O) groups is 5. The van der Waals surface area contributed by atoms with Gasteiger partial charge in [0.05, 0.1) is 6.54 Å². The number of hydrogen-bond donors (Lipinski definition) is 4. The number of amides is 4. The summed E-state index contributed by atoms with van der Waals surface area (Å²) in [4.78, 5) is 64.4. The highest BCUT2D eigenvalue weighted by atomic mass is 16.2. The summed E-state index contributed by atoms with van der Waals surface area (Å²) >= 11 is 0. The lowest BCUT2D eigenvalue weighted by atomic mass is 10.0. The number of anilines is 2. The molecular weight excluding hydrogens is 512 g/mol. The minimum Gasteiger partial charge on any atom is -0.383 e. The molecule has 11 nitrogen and oxygen atoms in total. The van der Waals surface area contributed by atoms with Gasteiger partial charge in [-0.3, -0.25) is 34.2 Å².